The third kappa shape index (κ3) is 2.47. The van der Waals surface area contributed by atoms with E-state index in [1.54, 1.807) is 18.2 Å². The number of benzene rings is 1. The van der Waals surface area contributed by atoms with Crippen LogP contribution in [-0.4, -0.2) is 22.9 Å². The van der Waals surface area contributed by atoms with Crippen LogP contribution in [0.15, 0.2) is 36.4 Å². The Hall–Kier alpha value is -1.43. The standard InChI is InChI=1S/C12H11BO3S/c1-8(14)11-6-7-12(17-11)9-4-2-3-5-10(9)13(15)16/h2-7,15-16H,1H3. The van der Waals surface area contributed by atoms with E-state index in [1.807, 2.05) is 18.2 Å². The molecule has 0 bridgehead atoms. The van der Waals surface area contributed by atoms with Crippen LogP contribution in [-0.2, 0) is 0 Å². The maximum absolute atomic E-state index is 11.2. The monoisotopic (exact) mass is 246 g/mol. The van der Waals surface area contributed by atoms with Crippen molar-refractivity contribution in [3.8, 4) is 10.4 Å². The molecule has 86 valence electrons. The molecule has 1 heterocycles. The van der Waals surface area contributed by atoms with Gasteiger partial charge in [0.1, 0.15) is 0 Å². The number of thiophene rings is 1. The predicted octanol–water partition coefficient (Wildman–Crippen LogP) is 1.30. The number of hydrogen-bond acceptors (Lipinski definition) is 4. The molecule has 0 radical (unpaired) electrons. The van der Waals surface area contributed by atoms with Crippen molar-refractivity contribution in [2.45, 2.75) is 6.92 Å². The maximum Gasteiger partial charge on any atom is 0.489 e. The molecule has 17 heavy (non-hydrogen) atoms. The van der Waals surface area contributed by atoms with Crippen LogP contribution < -0.4 is 5.46 Å². The Kier molecular flexibility index (Phi) is 3.42. The van der Waals surface area contributed by atoms with Crippen LogP contribution in [0, 0.1) is 0 Å². The molecule has 0 atom stereocenters. The zero-order valence-corrected chi connectivity index (χ0v) is 10.1. The van der Waals surface area contributed by atoms with E-state index in [4.69, 9.17) is 0 Å². The molecular formula is C12H11BO3S. The molecule has 5 heteroatoms. The van der Waals surface area contributed by atoms with Gasteiger partial charge in [0, 0.05) is 4.88 Å². The van der Waals surface area contributed by atoms with E-state index in [0.29, 0.717) is 10.3 Å². The first-order valence-corrected chi connectivity index (χ1v) is 5.97. The first kappa shape index (κ1) is 12.0. The molecule has 2 rings (SSSR count). The first-order valence-electron chi connectivity index (χ1n) is 5.16. The molecule has 0 aliphatic rings. The summed E-state index contributed by atoms with van der Waals surface area (Å²) in [5.41, 5.74) is 1.20. The molecule has 0 amide bonds. The minimum absolute atomic E-state index is 0.0169. The highest BCUT2D eigenvalue weighted by atomic mass is 32.1. The van der Waals surface area contributed by atoms with Gasteiger partial charge < -0.3 is 10.0 Å². The molecule has 0 fully saturated rings. The Bertz CT molecular complexity index is 548. The van der Waals surface area contributed by atoms with Crippen molar-refractivity contribution in [2.75, 3.05) is 0 Å². The predicted molar refractivity (Wildman–Crippen MR) is 69.6 cm³/mol. The topological polar surface area (TPSA) is 57.5 Å². The van der Waals surface area contributed by atoms with Crippen LogP contribution in [0.5, 0.6) is 0 Å². The Morgan fingerprint density at radius 3 is 2.47 bits per heavy atom. The van der Waals surface area contributed by atoms with Gasteiger partial charge in [0.05, 0.1) is 4.88 Å². The van der Waals surface area contributed by atoms with Crippen molar-refractivity contribution < 1.29 is 14.8 Å². The molecule has 0 aliphatic carbocycles. The summed E-state index contributed by atoms with van der Waals surface area (Å²) in [6.07, 6.45) is 0. The van der Waals surface area contributed by atoms with Gasteiger partial charge in [-0.05, 0) is 30.1 Å². The lowest BCUT2D eigenvalue weighted by molar-refractivity contribution is 0.102. The minimum Gasteiger partial charge on any atom is -0.423 e. The average molecular weight is 246 g/mol. The second-order valence-electron chi connectivity index (χ2n) is 3.68. The van der Waals surface area contributed by atoms with Gasteiger partial charge in [-0.25, -0.2) is 0 Å². The second-order valence-corrected chi connectivity index (χ2v) is 4.76. The largest absolute Gasteiger partial charge is 0.489 e. The zero-order valence-electron chi connectivity index (χ0n) is 9.25. The van der Waals surface area contributed by atoms with Crippen molar-refractivity contribution in [2.24, 2.45) is 0 Å². The quantitative estimate of drug-likeness (QED) is 0.633. The van der Waals surface area contributed by atoms with Gasteiger partial charge in [0.2, 0.25) is 0 Å². The number of carbonyl (C=O) groups is 1. The lowest BCUT2D eigenvalue weighted by Crippen LogP contribution is -2.31. The normalized spacial score (nSPS) is 10.3. The molecule has 1 aromatic heterocycles. The van der Waals surface area contributed by atoms with Crippen LogP contribution >= 0.6 is 11.3 Å². The van der Waals surface area contributed by atoms with E-state index in [1.165, 1.54) is 18.3 Å². The lowest BCUT2D eigenvalue weighted by atomic mass is 9.77. The lowest BCUT2D eigenvalue weighted by Gasteiger charge is -2.05. The summed E-state index contributed by atoms with van der Waals surface area (Å²) in [6.45, 7) is 1.52. The fourth-order valence-electron chi connectivity index (χ4n) is 1.62. The number of hydrogen-bond donors (Lipinski definition) is 2. The molecule has 0 unspecified atom stereocenters. The van der Waals surface area contributed by atoms with Crippen LogP contribution in [0.3, 0.4) is 0 Å². The average Bonchev–Trinajstić information content (AvgIpc) is 2.78. The second kappa shape index (κ2) is 4.83. The van der Waals surface area contributed by atoms with Crippen molar-refractivity contribution in [1.29, 1.82) is 0 Å². The van der Waals surface area contributed by atoms with E-state index in [-0.39, 0.29) is 5.78 Å². The van der Waals surface area contributed by atoms with Gasteiger partial charge in [-0.3, -0.25) is 4.79 Å². The molecule has 1 aromatic carbocycles. The maximum atomic E-state index is 11.2. The number of Topliss-reactive ketones (excluding diaryl/α,β-unsaturated/α-hetero) is 1. The van der Waals surface area contributed by atoms with Crippen molar-refractivity contribution in [1.82, 2.24) is 0 Å². The van der Waals surface area contributed by atoms with Gasteiger partial charge in [-0.1, -0.05) is 24.3 Å². The summed E-state index contributed by atoms with van der Waals surface area (Å²) < 4.78 is 0. The molecule has 0 aliphatic heterocycles. The summed E-state index contributed by atoms with van der Waals surface area (Å²) >= 11 is 1.35. The zero-order chi connectivity index (χ0) is 12.4. The van der Waals surface area contributed by atoms with E-state index < -0.39 is 7.12 Å². The summed E-state index contributed by atoms with van der Waals surface area (Å²) in [4.78, 5) is 12.7. The Balaban J connectivity index is 2.48. The SMILES string of the molecule is CC(=O)c1ccc(-c2ccccc2B(O)O)s1. The summed E-state index contributed by atoms with van der Waals surface area (Å²) in [5.74, 6) is 0.0169. The van der Waals surface area contributed by atoms with Crippen LogP contribution in [0.2, 0.25) is 0 Å². The summed E-state index contributed by atoms with van der Waals surface area (Å²) in [6, 6.07) is 10.6. The Labute approximate surface area is 104 Å². The number of carbonyl (C=O) groups excluding carboxylic acids is 1. The molecule has 0 saturated carbocycles. The number of ketones is 1. The number of rotatable bonds is 3. The van der Waals surface area contributed by atoms with E-state index in [9.17, 15) is 14.8 Å². The van der Waals surface area contributed by atoms with Crippen LogP contribution in [0.4, 0.5) is 0 Å². The highest BCUT2D eigenvalue weighted by molar-refractivity contribution is 7.17. The van der Waals surface area contributed by atoms with Gasteiger partial charge in [0.15, 0.2) is 5.78 Å². The molecule has 3 nitrogen and oxygen atoms in total. The molecular weight excluding hydrogens is 235 g/mol. The first-order chi connectivity index (χ1) is 8.09. The highest BCUT2D eigenvalue weighted by Gasteiger charge is 2.17. The molecule has 0 spiro atoms. The molecule has 2 N–H and O–H groups in total. The Morgan fingerprint density at radius 1 is 1.18 bits per heavy atom. The smallest absolute Gasteiger partial charge is 0.423 e. The fraction of sp³-hybridized carbons (Fsp3) is 0.0833. The van der Waals surface area contributed by atoms with Crippen LogP contribution in [0.25, 0.3) is 10.4 Å². The minimum atomic E-state index is -1.51. The Morgan fingerprint density at radius 2 is 1.88 bits per heavy atom. The van der Waals surface area contributed by atoms with Gasteiger partial charge >= 0.3 is 7.12 Å². The van der Waals surface area contributed by atoms with E-state index >= 15 is 0 Å². The van der Waals surface area contributed by atoms with Crippen LogP contribution in [0.1, 0.15) is 16.6 Å². The molecule has 2 aromatic rings. The van der Waals surface area contributed by atoms with Gasteiger partial charge in [-0.15, -0.1) is 11.3 Å². The van der Waals surface area contributed by atoms with Gasteiger partial charge in [0.25, 0.3) is 0 Å². The van der Waals surface area contributed by atoms with Crippen molar-refractivity contribution >= 4 is 29.7 Å². The third-order valence-corrected chi connectivity index (χ3v) is 3.68. The highest BCUT2D eigenvalue weighted by Crippen LogP contribution is 2.27. The van der Waals surface area contributed by atoms with E-state index in [2.05, 4.69) is 0 Å². The van der Waals surface area contributed by atoms with E-state index in [0.717, 1.165) is 10.4 Å². The van der Waals surface area contributed by atoms with Crippen molar-refractivity contribution in [3.05, 3.63) is 41.3 Å². The van der Waals surface area contributed by atoms with Crippen molar-refractivity contribution in [3.63, 3.8) is 0 Å². The molecule has 0 saturated heterocycles. The third-order valence-electron chi connectivity index (χ3n) is 2.46. The summed E-state index contributed by atoms with van der Waals surface area (Å²) in [7, 11) is -1.51. The fourth-order valence-corrected chi connectivity index (χ4v) is 2.57. The van der Waals surface area contributed by atoms with Gasteiger partial charge in [-0.2, -0.15) is 0 Å². The summed E-state index contributed by atoms with van der Waals surface area (Å²) in [5, 5.41) is 18.6.